The average molecular weight is 442 g/mol. The largest absolute Gasteiger partial charge is 1.00 e. The second-order valence-corrected chi connectivity index (χ2v) is 8.87. The third-order valence-electron chi connectivity index (χ3n) is 4.60. The molecule has 0 spiro atoms. The Labute approximate surface area is 216 Å². The van der Waals surface area contributed by atoms with E-state index in [1.807, 2.05) is 0 Å². The third kappa shape index (κ3) is 26.8. The van der Waals surface area contributed by atoms with Crippen molar-refractivity contribution in [3.05, 3.63) is 12.2 Å². The van der Waals surface area contributed by atoms with E-state index >= 15 is 0 Å². The summed E-state index contributed by atoms with van der Waals surface area (Å²) in [5.74, 6) is -0.949. The van der Waals surface area contributed by atoms with Gasteiger partial charge in [-0.25, -0.2) is 0 Å². The first kappa shape index (κ1) is 30.9. The van der Waals surface area contributed by atoms with E-state index in [-0.39, 0.29) is 57.9 Å². The zero-order valence-electron chi connectivity index (χ0n) is 18.2. The Bertz CT molecular complexity index is 493. The minimum atomic E-state index is -4.04. The Kier molecular flexibility index (Phi) is 24.8. The van der Waals surface area contributed by atoms with Crippen molar-refractivity contribution in [1.29, 1.82) is 0 Å². The van der Waals surface area contributed by atoms with E-state index in [0.29, 0.717) is 0 Å². The van der Waals surface area contributed by atoms with Crippen molar-refractivity contribution in [2.45, 2.75) is 103 Å². The fourth-order valence-electron chi connectivity index (χ4n) is 2.96. The molecule has 0 saturated heterocycles. The summed E-state index contributed by atoms with van der Waals surface area (Å²) in [6.07, 6.45) is 22.6. The van der Waals surface area contributed by atoms with Crippen LogP contribution in [0.1, 0.15) is 103 Å². The molecule has 0 saturated carbocycles. The van der Waals surface area contributed by atoms with Crippen molar-refractivity contribution in [1.82, 2.24) is 0 Å². The summed E-state index contributed by atoms with van der Waals surface area (Å²) < 4.78 is 29.5. The summed E-state index contributed by atoms with van der Waals surface area (Å²) in [5.41, 5.74) is 0. The zero-order valence-corrected chi connectivity index (χ0v) is 22.1. The molecule has 0 bridgehead atoms. The molecule has 5 nitrogen and oxygen atoms in total. The SMILES string of the molecule is CCCCCCCCCCCCCCCC/C=C/C([O-])=NCCS(=O)(=O)O.[K+]. The van der Waals surface area contributed by atoms with Crippen molar-refractivity contribution in [2.75, 3.05) is 12.3 Å². The first-order valence-corrected chi connectivity index (χ1v) is 12.4. The molecule has 0 aliphatic heterocycles. The van der Waals surface area contributed by atoms with Gasteiger partial charge in [0.05, 0.1) is 12.3 Å². The van der Waals surface area contributed by atoms with Gasteiger partial charge in [-0.1, -0.05) is 103 Å². The van der Waals surface area contributed by atoms with E-state index in [1.165, 1.54) is 89.5 Å². The summed E-state index contributed by atoms with van der Waals surface area (Å²) in [5, 5.41) is 11.3. The summed E-state index contributed by atoms with van der Waals surface area (Å²) in [6.45, 7) is 2.06. The number of unbranched alkanes of at least 4 members (excludes halogenated alkanes) is 14. The van der Waals surface area contributed by atoms with E-state index in [9.17, 15) is 13.5 Å². The van der Waals surface area contributed by atoms with Gasteiger partial charge >= 0.3 is 51.4 Å². The van der Waals surface area contributed by atoms with E-state index in [1.54, 1.807) is 6.08 Å². The molecule has 0 heterocycles. The number of aliphatic imine (C=N–C) groups is 1. The van der Waals surface area contributed by atoms with Crippen LogP contribution in [0.25, 0.3) is 0 Å². The van der Waals surface area contributed by atoms with Crippen molar-refractivity contribution >= 4 is 16.0 Å². The minimum absolute atomic E-state index is 0. The predicted octanol–water partition coefficient (Wildman–Crippen LogP) is 2.06. The maximum Gasteiger partial charge on any atom is 1.00 e. The van der Waals surface area contributed by atoms with Gasteiger partial charge in [0.1, 0.15) is 0 Å². The third-order valence-corrected chi connectivity index (χ3v) is 5.30. The quantitative estimate of drug-likeness (QED) is 0.109. The number of allylic oxidation sites excluding steroid dienone is 1. The molecule has 160 valence electrons. The molecule has 0 atom stereocenters. The second-order valence-electron chi connectivity index (χ2n) is 7.29. The van der Waals surface area contributed by atoms with E-state index in [2.05, 4.69) is 11.9 Å². The van der Waals surface area contributed by atoms with Crippen LogP contribution in [0, 0.1) is 0 Å². The fraction of sp³-hybridized carbons (Fsp3) is 0.857. The van der Waals surface area contributed by atoms with Gasteiger partial charge in [0, 0.05) is 0 Å². The topological polar surface area (TPSA) is 89.8 Å². The molecule has 1 N–H and O–H groups in total. The van der Waals surface area contributed by atoms with Crippen LogP contribution in [0.15, 0.2) is 17.1 Å². The molecule has 0 fully saturated rings. The summed E-state index contributed by atoms with van der Waals surface area (Å²) in [7, 11) is -4.04. The summed E-state index contributed by atoms with van der Waals surface area (Å²) in [4.78, 5) is 3.55. The number of hydrogen-bond acceptors (Lipinski definition) is 4. The number of nitrogens with zero attached hydrogens (tertiary/aromatic N) is 1. The van der Waals surface area contributed by atoms with Gasteiger partial charge in [0.25, 0.3) is 10.1 Å². The fourth-order valence-corrected chi connectivity index (χ4v) is 3.29. The molecule has 0 aliphatic carbocycles. The van der Waals surface area contributed by atoms with Crippen molar-refractivity contribution < 1.29 is 69.5 Å². The number of rotatable bonds is 19. The summed E-state index contributed by atoms with van der Waals surface area (Å²) >= 11 is 0. The van der Waals surface area contributed by atoms with Gasteiger partial charge in [-0.15, -0.1) is 0 Å². The van der Waals surface area contributed by atoms with Crippen LogP contribution in [0.5, 0.6) is 0 Å². The normalized spacial score (nSPS) is 12.4. The molecule has 0 aromatic carbocycles. The van der Waals surface area contributed by atoms with Crippen LogP contribution < -0.4 is 56.5 Å². The van der Waals surface area contributed by atoms with Crippen LogP contribution in [0.2, 0.25) is 0 Å². The Morgan fingerprint density at radius 1 is 0.857 bits per heavy atom. The zero-order chi connectivity index (χ0) is 20.2. The van der Waals surface area contributed by atoms with Crippen LogP contribution in [-0.4, -0.2) is 31.2 Å². The van der Waals surface area contributed by atoms with Gasteiger partial charge < -0.3 is 5.11 Å². The smallest absolute Gasteiger partial charge is 0.859 e. The Morgan fingerprint density at radius 3 is 1.71 bits per heavy atom. The molecular formula is C21H40KNO4S. The summed E-state index contributed by atoms with van der Waals surface area (Å²) in [6, 6.07) is 0. The predicted molar refractivity (Wildman–Crippen MR) is 113 cm³/mol. The van der Waals surface area contributed by atoms with Gasteiger partial charge in [-0.2, -0.15) is 8.42 Å². The number of hydrogen-bond donors (Lipinski definition) is 1. The molecule has 28 heavy (non-hydrogen) atoms. The molecule has 0 amide bonds. The standard InChI is InChI=1S/C21H41NO4S.K/c1-2-3-4-5-6-7-8-9-10-11-12-13-14-15-16-17-18-21(23)22-19-20-27(24,25)26;/h17-18H,2-16,19-20H2,1H3,(H,22,23)(H,24,25,26);/q;+1/p-1/b18-17+;. The molecule has 0 aromatic heterocycles. The van der Waals surface area contributed by atoms with Gasteiger partial charge in [-0.05, 0) is 18.7 Å². The minimum Gasteiger partial charge on any atom is -0.859 e. The van der Waals surface area contributed by atoms with Crippen molar-refractivity contribution in [3.8, 4) is 0 Å². The average Bonchev–Trinajstić information content (AvgIpc) is 2.60. The van der Waals surface area contributed by atoms with Crippen LogP contribution in [0.3, 0.4) is 0 Å². The molecule has 0 aliphatic rings. The second kappa shape index (κ2) is 22.4. The monoisotopic (exact) mass is 441 g/mol. The van der Waals surface area contributed by atoms with Crippen LogP contribution in [0.4, 0.5) is 0 Å². The van der Waals surface area contributed by atoms with Gasteiger partial charge in [0.2, 0.25) is 0 Å². The van der Waals surface area contributed by atoms with Crippen molar-refractivity contribution in [3.63, 3.8) is 0 Å². The van der Waals surface area contributed by atoms with Crippen LogP contribution >= 0.6 is 0 Å². The maximum atomic E-state index is 11.3. The molecule has 7 heteroatoms. The van der Waals surface area contributed by atoms with E-state index in [4.69, 9.17) is 4.55 Å². The first-order chi connectivity index (χ1) is 13.0. The Morgan fingerprint density at radius 2 is 1.29 bits per heavy atom. The van der Waals surface area contributed by atoms with Gasteiger partial charge in [-0.3, -0.25) is 9.55 Å². The Hall–Kier alpha value is 0.756. The maximum absolute atomic E-state index is 11.3. The molecule has 0 radical (unpaired) electrons. The van der Waals surface area contributed by atoms with E-state index < -0.39 is 21.8 Å². The van der Waals surface area contributed by atoms with Crippen molar-refractivity contribution in [2.24, 2.45) is 4.99 Å². The molecule has 0 rings (SSSR count). The molecule has 0 aromatic rings. The first-order valence-electron chi connectivity index (χ1n) is 10.8. The van der Waals surface area contributed by atoms with Gasteiger partial charge in [0.15, 0.2) is 0 Å². The van der Waals surface area contributed by atoms with E-state index in [0.717, 1.165) is 12.8 Å². The Balaban J connectivity index is 0. The van der Waals surface area contributed by atoms with Crippen LogP contribution in [-0.2, 0) is 10.1 Å². The molecule has 0 unspecified atom stereocenters. The molecular weight excluding hydrogens is 401 g/mol.